The van der Waals surface area contributed by atoms with Crippen LogP contribution in [0.4, 0.5) is 0 Å². The van der Waals surface area contributed by atoms with Crippen molar-refractivity contribution in [2.24, 2.45) is 0 Å². The molecule has 1 aromatic heterocycles. The van der Waals surface area contributed by atoms with Crippen molar-refractivity contribution in [3.05, 3.63) is 11.4 Å². The summed E-state index contributed by atoms with van der Waals surface area (Å²) in [6.07, 6.45) is 1.90. The Labute approximate surface area is 114 Å². The second kappa shape index (κ2) is 5.60. The monoisotopic (exact) mass is 286 g/mol. The zero-order valence-electron chi connectivity index (χ0n) is 11.8. The van der Waals surface area contributed by atoms with E-state index in [1.54, 1.807) is 15.9 Å². The molecular formula is C12H22N4O2S. The summed E-state index contributed by atoms with van der Waals surface area (Å²) < 4.78 is 28.6. The number of nitrogens with zero attached hydrogens (tertiary/aromatic N) is 3. The van der Waals surface area contributed by atoms with Gasteiger partial charge >= 0.3 is 0 Å². The number of sulfonamides is 1. The standard InChI is InChI=1S/C12H22N4O2S/c1-10-12(11(2)16(14-10)9-6-13-3)19(17,18)15-7-4-5-8-15/h13H,4-9H2,1-3H3. The van der Waals surface area contributed by atoms with Crippen LogP contribution in [0.3, 0.4) is 0 Å². The number of likely N-dealkylation sites (N-methyl/N-ethyl adjacent to an activating group) is 1. The predicted molar refractivity (Wildman–Crippen MR) is 73.6 cm³/mol. The molecule has 0 aromatic carbocycles. The molecular weight excluding hydrogens is 264 g/mol. The first-order valence-electron chi connectivity index (χ1n) is 6.67. The van der Waals surface area contributed by atoms with E-state index in [1.165, 1.54) is 0 Å². The van der Waals surface area contributed by atoms with Gasteiger partial charge in [-0.15, -0.1) is 0 Å². The van der Waals surface area contributed by atoms with E-state index in [1.807, 2.05) is 14.0 Å². The molecule has 108 valence electrons. The first-order chi connectivity index (χ1) is 8.98. The highest BCUT2D eigenvalue weighted by Crippen LogP contribution is 2.26. The Morgan fingerprint density at radius 1 is 1.26 bits per heavy atom. The minimum Gasteiger partial charge on any atom is -0.318 e. The smallest absolute Gasteiger partial charge is 0.246 e. The quantitative estimate of drug-likeness (QED) is 0.856. The zero-order chi connectivity index (χ0) is 14.0. The van der Waals surface area contributed by atoms with Gasteiger partial charge in [-0.3, -0.25) is 4.68 Å². The van der Waals surface area contributed by atoms with Crippen molar-refractivity contribution in [1.82, 2.24) is 19.4 Å². The molecule has 0 saturated carbocycles. The Morgan fingerprint density at radius 3 is 2.47 bits per heavy atom. The Morgan fingerprint density at radius 2 is 1.89 bits per heavy atom. The molecule has 1 aliphatic heterocycles. The maximum absolute atomic E-state index is 12.6. The van der Waals surface area contributed by atoms with Crippen LogP contribution >= 0.6 is 0 Å². The molecule has 1 N–H and O–H groups in total. The predicted octanol–water partition coefficient (Wildman–Crippen LogP) is 0.504. The molecule has 0 bridgehead atoms. The number of hydrogen-bond donors (Lipinski definition) is 1. The van der Waals surface area contributed by atoms with E-state index < -0.39 is 10.0 Å². The number of hydrogen-bond acceptors (Lipinski definition) is 4. The van der Waals surface area contributed by atoms with Gasteiger partial charge in [-0.1, -0.05) is 0 Å². The molecule has 0 aliphatic carbocycles. The van der Waals surface area contributed by atoms with E-state index >= 15 is 0 Å². The highest BCUT2D eigenvalue weighted by atomic mass is 32.2. The van der Waals surface area contributed by atoms with Crippen molar-refractivity contribution in [2.45, 2.75) is 38.1 Å². The lowest BCUT2D eigenvalue weighted by Crippen LogP contribution is -2.28. The number of nitrogens with one attached hydrogen (secondary N) is 1. The summed E-state index contributed by atoms with van der Waals surface area (Å²) in [6.45, 7) is 6.31. The molecule has 0 spiro atoms. The molecule has 7 heteroatoms. The molecule has 0 atom stereocenters. The zero-order valence-corrected chi connectivity index (χ0v) is 12.6. The summed E-state index contributed by atoms with van der Waals surface area (Å²) in [7, 11) is -1.51. The summed E-state index contributed by atoms with van der Waals surface area (Å²) in [6, 6.07) is 0. The minimum absolute atomic E-state index is 0.394. The van der Waals surface area contributed by atoms with Crippen LogP contribution in [0.5, 0.6) is 0 Å². The van der Waals surface area contributed by atoms with Gasteiger partial charge in [0.2, 0.25) is 10.0 Å². The molecule has 0 amide bonds. The second-order valence-electron chi connectivity index (χ2n) is 4.94. The largest absolute Gasteiger partial charge is 0.318 e. The average Bonchev–Trinajstić information content (AvgIpc) is 2.95. The van der Waals surface area contributed by atoms with Gasteiger partial charge < -0.3 is 5.32 Å². The number of rotatable bonds is 5. The summed E-state index contributed by atoms with van der Waals surface area (Å²) in [5, 5.41) is 7.40. The van der Waals surface area contributed by atoms with Crippen LogP contribution in [0, 0.1) is 13.8 Å². The Kier molecular flexibility index (Phi) is 4.27. The van der Waals surface area contributed by atoms with Crippen molar-refractivity contribution >= 4 is 10.0 Å². The lowest BCUT2D eigenvalue weighted by Gasteiger charge is -2.15. The van der Waals surface area contributed by atoms with E-state index in [2.05, 4.69) is 10.4 Å². The summed E-state index contributed by atoms with van der Waals surface area (Å²) in [5.41, 5.74) is 1.33. The molecule has 0 unspecified atom stereocenters. The molecule has 6 nitrogen and oxygen atoms in total. The van der Waals surface area contributed by atoms with E-state index in [0.29, 0.717) is 30.2 Å². The van der Waals surface area contributed by atoms with E-state index in [9.17, 15) is 8.42 Å². The highest BCUT2D eigenvalue weighted by molar-refractivity contribution is 7.89. The van der Waals surface area contributed by atoms with E-state index in [0.717, 1.165) is 25.1 Å². The number of aryl methyl sites for hydroxylation is 1. The lowest BCUT2D eigenvalue weighted by atomic mass is 10.4. The molecule has 2 rings (SSSR count). The fraction of sp³-hybridized carbons (Fsp3) is 0.750. The Balaban J connectivity index is 2.36. The topological polar surface area (TPSA) is 67.2 Å². The van der Waals surface area contributed by atoms with Crippen LogP contribution in [-0.2, 0) is 16.6 Å². The van der Waals surface area contributed by atoms with Gasteiger partial charge in [-0.2, -0.15) is 9.40 Å². The van der Waals surface area contributed by atoms with Crippen molar-refractivity contribution in [2.75, 3.05) is 26.7 Å². The Bertz CT molecular complexity index is 544. The molecule has 1 aromatic rings. The van der Waals surface area contributed by atoms with Gasteiger partial charge in [0.1, 0.15) is 4.90 Å². The van der Waals surface area contributed by atoms with Crippen LogP contribution in [0.25, 0.3) is 0 Å². The average molecular weight is 286 g/mol. The first kappa shape index (κ1) is 14.5. The maximum Gasteiger partial charge on any atom is 0.246 e. The summed E-state index contributed by atoms with van der Waals surface area (Å²) in [4.78, 5) is 0.394. The third kappa shape index (κ3) is 2.68. The summed E-state index contributed by atoms with van der Waals surface area (Å²) in [5.74, 6) is 0. The van der Waals surface area contributed by atoms with Crippen LogP contribution in [0.15, 0.2) is 4.90 Å². The first-order valence-corrected chi connectivity index (χ1v) is 8.11. The van der Waals surface area contributed by atoms with Gasteiger partial charge in [0.25, 0.3) is 0 Å². The highest BCUT2D eigenvalue weighted by Gasteiger charge is 2.32. The molecule has 0 radical (unpaired) electrons. The van der Waals surface area contributed by atoms with Crippen molar-refractivity contribution in [3.8, 4) is 0 Å². The summed E-state index contributed by atoms with van der Waals surface area (Å²) >= 11 is 0. The van der Waals surface area contributed by atoms with Gasteiger partial charge in [0.15, 0.2) is 0 Å². The fourth-order valence-electron chi connectivity index (χ4n) is 2.55. The third-order valence-corrected chi connectivity index (χ3v) is 5.70. The SMILES string of the molecule is CNCCn1nc(C)c(S(=O)(=O)N2CCCC2)c1C. The normalized spacial score (nSPS) is 17.2. The van der Waals surface area contributed by atoms with Crippen molar-refractivity contribution in [3.63, 3.8) is 0 Å². The lowest BCUT2D eigenvalue weighted by molar-refractivity contribution is 0.476. The van der Waals surface area contributed by atoms with Crippen molar-refractivity contribution < 1.29 is 8.42 Å². The second-order valence-corrected chi connectivity index (χ2v) is 6.81. The van der Waals surface area contributed by atoms with Crippen LogP contribution in [0.2, 0.25) is 0 Å². The molecule has 1 fully saturated rings. The van der Waals surface area contributed by atoms with Gasteiger partial charge in [-0.25, -0.2) is 8.42 Å². The molecule has 19 heavy (non-hydrogen) atoms. The van der Waals surface area contributed by atoms with Crippen LogP contribution < -0.4 is 5.32 Å². The van der Waals surface area contributed by atoms with Crippen LogP contribution in [-0.4, -0.2) is 49.2 Å². The Hall–Kier alpha value is -0.920. The maximum atomic E-state index is 12.6. The van der Waals surface area contributed by atoms with Crippen molar-refractivity contribution in [1.29, 1.82) is 0 Å². The van der Waals surface area contributed by atoms with E-state index in [4.69, 9.17) is 0 Å². The van der Waals surface area contributed by atoms with Gasteiger partial charge in [0.05, 0.1) is 17.9 Å². The van der Waals surface area contributed by atoms with Gasteiger partial charge in [0, 0.05) is 19.6 Å². The minimum atomic E-state index is -3.37. The molecule has 1 aliphatic rings. The molecule has 1 saturated heterocycles. The number of aromatic nitrogens is 2. The molecule has 2 heterocycles. The van der Waals surface area contributed by atoms with Crippen LogP contribution in [0.1, 0.15) is 24.2 Å². The van der Waals surface area contributed by atoms with Gasteiger partial charge in [-0.05, 0) is 33.7 Å². The van der Waals surface area contributed by atoms with E-state index in [-0.39, 0.29) is 0 Å². The fourth-order valence-corrected chi connectivity index (χ4v) is 4.44. The third-order valence-electron chi connectivity index (χ3n) is 3.55.